The fourth-order valence-electron chi connectivity index (χ4n) is 2.85. The van der Waals surface area contributed by atoms with Crippen molar-refractivity contribution in [2.24, 2.45) is 0 Å². The van der Waals surface area contributed by atoms with E-state index in [1.807, 2.05) is 61.5 Å². The first-order chi connectivity index (χ1) is 12.5. The highest BCUT2D eigenvalue weighted by Crippen LogP contribution is 2.11. The molecule has 0 fully saturated rings. The van der Waals surface area contributed by atoms with Crippen LogP contribution < -0.4 is 5.56 Å². The summed E-state index contributed by atoms with van der Waals surface area (Å²) in [4.78, 5) is 25.1. The number of carbonyl (C=O) groups excluding carboxylic acids is 1. The molecule has 0 atom stereocenters. The number of carbonyl (C=O) groups is 1. The average molecular weight is 411 g/mol. The third-order valence-electron chi connectivity index (χ3n) is 4.05. The second kappa shape index (κ2) is 8.23. The summed E-state index contributed by atoms with van der Waals surface area (Å²) >= 11 is 3.38. The molecule has 3 rings (SSSR count). The zero-order chi connectivity index (χ0) is 18.5. The third-order valence-corrected chi connectivity index (χ3v) is 4.58. The van der Waals surface area contributed by atoms with Crippen molar-refractivity contribution in [2.75, 3.05) is 0 Å². The summed E-state index contributed by atoms with van der Waals surface area (Å²) < 4.78 is 2.25. The van der Waals surface area contributed by atoms with Crippen molar-refractivity contribution in [3.05, 3.63) is 97.9 Å². The highest BCUT2D eigenvalue weighted by atomic mass is 79.9. The lowest BCUT2D eigenvalue weighted by Crippen LogP contribution is -2.30. The first-order valence-corrected chi connectivity index (χ1v) is 9.18. The quantitative estimate of drug-likeness (QED) is 0.622. The van der Waals surface area contributed by atoms with Gasteiger partial charge < -0.3 is 0 Å². The van der Waals surface area contributed by atoms with E-state index in [0.717, 1.165) is 21.3 Å². The van der Waals surface area contributed by atoms with Crippen LogP contribution in [0.2, 0.25) is 0 Å². The van der Waals surface area contributed by atoms with Gasteiger partial charge in [0.15, 0.2) is 5.78 Å². The van der Waals surface area contributed by atoms with Gasteiger partial charge in [0.2, 0.25) is 0 Å². The third kappa shape index (κ3) is 4.76. The predicted molar refractivity (Wildman–Crippen MR) is 105 cm³/mol. The van der Waals surface area contributed by atoms with Crippen molar-refractivity contribution >= 4 is 21.7 Å². The maximum atomic E-state index is 12.7. The standard InChI is InChI=1S/C21H19BrN2O2/c1-15-11-18(12-16-5-3-2-4-6-16)21(26)24(23-15)14-20(25)13-17-7-9-19(22)10-8-17/h2-11H,12-14H2,1H3. The molecule has 4 nitrogen and oxygen atoms in total. The molecule has 0 aliphatic heterocycles. The van der Waals surface area contributed by atoms with Gasteiger partial charge in [-0.1, -0.05) is 58.4 Å². The normalized spacial score (nSPS) is 10.7. The van der Waals surface area contributed by atoms with Gasteiger partial charge in [-0.3, -0.25) is 9.59 Å². The fourth-order valence-corrected chi connectivity index (χ4v) is 3.11. The molecule has 0 aliphatic rings. The summed E-state index contributed by atoms with van der Waals surface area (Å²) in [6.45, 7) is 1.82. The molecule has 0 radical (unpaired) electrons. The predicted octanol–water partition coefficient (Wildman–Crippen LogP) is 3.72. The Balaban J connectivity index is 1.78. The summed E-state index contributed by atoms with van der Waals surface area (Å²) in [5.41, 5.74) is 3.15. The minimum absolute atomic E-state index is 0.0155. The first kappa shape index (κ1) is 18.3. The average Bonchev–Trinajstić information content (AvgIpc) is 2.62. The number of ketones is 1. The van der Waals surface area contributed by atoms with E-state index >= 15 is 0 Å². The summed E-state index contributed by atoms with van der Waals surface area (Å²) in [7, 11) is 0. The molecule has 132 valence electrons. The van der Waals surface area contributed by atoms with Gasteiger partial charge in [0.1, 0.15) is 6.54 Å². The molecule has 0 spiro atoms. The van der Waals surface area contributed by atoms with Gasteiger partial charge in [-0.15, -0.1) is 0 Å². The van der Waals surface area contributed by atoms with Gasteiger partial charge in [-0.2, -0.15) is 5.10 Å². The molecule has 2 aromatic carbocycles. The van der Waals surface area contributed by atoms with Crippen LogP contribution in [0, 0.1) is 6.92 Å². The lowest BCUT2D eigenvalue weighted by atomic mass is 10.1. The van der Waals surface area contributed by atoms with E-state index in [0.29, 0.717) is 12.0 Å². The molecule has 0 amide bonds. The van der Waals surface area contributed by atoms with Crippen molar-refractivity contribution < 1.29 is 4.79 Å². The smallest absolute Gasteiger partial charge is 0.270 e. The Morgan fingerprint density at radius 1 is 1.04 bits per heavy atom. The Labute approximate surface area is 160 Å². The molecule has 0 saturated carbocycles. The minimum atomic E-state index is -0.205. The fraction of sp³-hybridized carbons (Fsp3) is 0.190. The number of nitrogens with zero attached hydrogens (tertiary/aromatic N) is 2. The van der Waals surface area contributed by atoms with E-state index in [2.05, 4.69) is 21.0 Å². The van der Waals surface area contributed by atoms with Crippen LogP contribution in [0.15, 0.2) is 69.9 Å². The van der Waals surface area contributed by atoms with Crippen molar-refractivity contribution in [3.63, 3.8) is 0 Å². The number of Topliss-reactive ketones (excluding diaryl/α,β-unsaturated/α-hetero) is 1. The van der Waals surface area contributed by atoms with Crippen LogP contribution in [-0.2, 0) is 24.2 Å². The summed E-state index contributed by atoms with van der Waals surface area (Å²) in [6, 6.07) is 19.2. The molecule has 0 aliphatic carbocycles. The second-order valence-electron chi connectivity index (χ2n) is 6.28. The Morgan fingerprint density at radius 2 is 1.73 bits per heavy atom. The number of benzene rings is 2. The Hall–Kier alpha value is -2.53. The minimum Gasteiger partial charge on any atom is -0.297 e. The molecule has 1 aromatic heterocycles. The van der Waals surface area contributed by atoms with Crippen LogP contribution >= 0.6 is 15.9 Å². The lowest BCUT2D eigenvalue weighted by Gasteiger charge is -2.09. The second-order valence-corrected chi connectivity index (χ2v) is 7.19. The number of hydrogen-bond acceptors (Lipinski definition) is 3. The SMILES string of the molecule is Cc1cc(Cc2ccccc2)c(=O)n(CC(=O)Cc2ccc(Br)cc2)n1. The van der Waals surface area contributed by atoms with Crippen molar-refractivity contribution in [3.8, 4) is 0 Å². The lowest BCUT2D eigenvalue weighted by molar-refractivity contribution is -0.119. The zero-order valence-corrected chi connectivity index (χ0v) is 16.1. The van der Waals surface area contributed by atoms with Gasteiger partial charge in [0.25, 0.3) is 5.56 Å². The largest absolute Gasteiger partial charge is 0.297 e. The summed E-state index contributed by atoms with van der Waals surface area (Å²) in [5.74, 6) is -0.0433. The molecule has 1 heterocycles. The van der Waals surface area contributed by atoms with E-state index in [4.69, 9.17) is 0 Å². The topological polar surface area (TPSA) is 52.0 Å². The van der Waals surface area contributed by atoms with Crippen LogP contribution in [0.5, 0.6) is 0 Å². The van der Waals surface area contributed by atoms with E-state index in [1.54, 1.807) is 6.07 Å². The van der Waals surface area contributed by atoms with Crippen molar-refractivity contribution in [1.82, 2.24) is 9.78 Å². The molecule has 0 unspecified atom stereocenters. The molecular formula is C21H19BrN2O2. The van der Waals surface area contributed by atoms with Crippen LogP contribution in [0.3, 0.4) is 0 Å². The van der Waals surface area contributed by atoms with Crippen LogP contribution in [-0.4, -0.2) is 15.6 Å². The molecular weight excluding hydrogens is 392 g/mol. The highest BCUT2D eigenvalue weighted by molar-refractivity contribution is 9.10. The van der Waals surface area contributed by atoms with Gasteiger partial charge in [0, 0.05) is 22.9 Å². The van der Waals surface area contributed by atoms with E-state index in [9.17, 15) is 9.59 Å². The van der Waals surface area contributed by atoms with E-state index in [-0.39, 0.29) is 24.3 Å². The number of aryl methyl sites for hydroxylation is 1. The monoisotopic (exact) mass is 410 g/mol. The van der Waals surface area contributed by atoms with Crippen LogP contribution in [0.4, 0.5) is 0 Å². The van der Waals surface area contributed by atoms with E-state index < -0.39 is 0 Å². The molecule has 5 heteroatoms. The Kier molecular flexibility index (Phi) is 5.78. The first-order valence-electron chi connectivity index (χ1n) is 8.39. The van der Waals surface area contributed by atoms with Gasteiger partial charge in [-0.25, -0.2) is 4.68 Å². The van der Waals surface area contributed by atoms with Crippen LogP contribution in [0.25, 0.3) is 0 Å². The van der Waals surface area contributed by atoms with E-state index in [1.165, 1.54) is 4.68 Å². The Morgan fingerprint density at radius 3 is 2.42 bits per heavy atom. The number of hydrogen-bond donors (Lipinski definition) is 0. The summed E-state index contributed by atoms with van der Waals surface area (Å²) in [6.07, 6.45) is 0.813. The summed E-state index contributed by atoms with van der Waals surface area (Å²) in [5, 5.41) is 4.25. The molecule has 0 saturated heterocycles. The maximum absolute atomic E-state index is 12.7. The number of aromatic nitrogens is 2. The van der Waals surface area contributed by atoms with Gasteiger partial charge in [0.05, 0.1) is 5.69 Å². The van der Waals surface area contributed by atoms with Crippen molar-refractivity contribution in [1.29, 1.82) is 0 Å². The van der Waals surface area contributed by atoms with Crippen LogP contribution in [0.1, 0.15) is 22.4 Å². The highest BCUT2D eigenvalue weighted by Gasteiger charge is 2.11. The Bertz CT molecular complexity index is 964. The number of halogens is 1. The van der Waals surface area contributed by atoms with Gasteiger partial charge >= 0.3 is 0 Å². The van der Waals surface area contributed by atoms with Crippen molar-refractivity contribution in [2.45, 2.75) is 26.3 Å². The zero-order valence-electron chi connectivity index (χ0n) is 14.5. The maximum Gasteiger partial charge on any atom is 0.270 e. The molecule has 0 bridgehead atoms. The molecule has 0 N–H and O–H groups in total. The molecule has 3 aromatic rings. The molecule has 26 heavy (non-hydrogen) atoms. The number of rotatable bonds is 6. The van der Waals surface area contributed by atoms with Gasteiger partial charge in [-0.05, 0) is 36.2 Å².